The Bertz CT molecular complexity index is 1350. The van der Waals surface area contributed by atoms with Crippen LogP contribution < -0.4 is 10.2 Å². The molecule has 6 heteroatoms. The van der Waals surface area contributed by atoms with E-state index in [2.05, 4.69) is 4.98 Å². The van der Waals surface area contributed by atoms with Gasteiger partial charge >= 0.3 is 0 Å². The van der Waals surface area contributed by atoms with E-state index in [1.807, 2.05) is 49.4 Å². The molecular formula is C24H16F2N2O2. The first-order chi connectivity index (χ1) is 14.5. The van der Waals surface area contributed by atoms with Crippen LogP contribution in [0.1, 0.15) is 12.5 Å². The minimum absolute atomic E-state index is 0.0727. The lowest BCUT2D eigenvalue weighted by Gasteiger charge is -2.12. The second-order valence-corrected chi connectivity index (χ2v) is 6.63. The van der Waals surface area contributed by atoms with Crippen LogP contribution in [-0.4, -0.2) is 11.6 Å². The van der Waals surface area contributed by atoms with Crippen molar-refractivity contribution in [1.82, 2.24) is 4.98 Å². The monoisotopic (exact) mass is 402 g/mol. The number of H-pyrrole nitrogens is 1. The van der Waals surface area contributed by atoms with Gasteiger partial charge in [0.05, 0.1) is 17.8 Å². The van der Waals surface area contributed by atoms with Gasteiger partial charge in [-0.25, -0.2) is 8.78 Å². The van der Waals surface area contributed by atoms with Crippen LogP contribution in [0, 0.1) is 23.0 Å². The van der Waals surface area contributed by atoms with Crippen LogP contribution in [0.25, 0.3) is 33.3 Å². The number of hydrogen-bond donors (Lipinski definition) is 1. The molecule has 0 saturated carbocycles. The number of benzene rings is 3. The number of pyridine rings is 1. The van der Waals surface area contributed by atoms with Gasteiger partial charge in [-0.15, -0.1) is 0 Å². The average molecular weight is 402 g/mol. The zero-order valence-corrected chi connectivity index (χ0v) is 16.0. The van der Waals surface area contributed by atoms with Crippen LogP contribution in [0.5, 0.6) is 5.75 Å². The van der Waals surface area contributed by atoms with E-state index in [1.165, 1.54) is 0 Å². The van der Waals surface area contributed by atoms with Crippen molar-refractivity contribution in [2.24, 2.45) is 0 Å². The summed E-state index contributed by atoms with van der Waals surface area (Å²) in [6.07, 6.45) is 0. The summed E-state index contributed by atoms with van der Waals surface area (Å²) in [6.45, 7) is 2.45. The van der Waals surface area contributed by atoms with Crippen molar-refractivity contribution in [3.63, 3.8) is 0 Å². The van der Waals surface area contributed by atoms with E-state index in [0.717, 1.165) is 29.0 Å². The van der Waals surface area contributed by atoms with Gasteiger partial charge in [-0.2, -0.15) is 5.26 Å². The van der Waals surface area contributed by atoms with Gasteiger partial charge in [0.25, 0.3) is 0 Å². The van der Waals surface area contributed by atoms with Crippen LogP contribution in [0.2, 0.25) is 0 Å². The largest absolute Gasteiger partial charge is 0.493 e. The molecule has 1 N–H and O–H groups in total. The molecule has 0 amide bonds. The second-order valence-electron chi connectivity index (χ2n) is 6.63. The minimum Gasteiger partial charge on any atom is -0.493 e. The van der Waals surface area contributed by atoms with Gasteiger partial charge in [0.2, 0.25) is 5.43 Å². The van der Waals surface area contributed by atoms with E-state index >= 15 is 0 Å². The number of ether oxygens (including phenoxy) is 1. The van der Waals surface area contributed by atoms with E-state index in [0.29, 0.717) is 12.2 Å². The van der Waals surface area contributed by atoms with Crippen molar-refractivity contribution in [3.05, 3.63) is 88.1 Å². The molecule has 0 aliphatic heterocycles. The second kappa shape index (κ2) is 7.80. The molecule has 4 rings (SSSR count). The summed E-state index contributed by atoms with van der Waals surface area (Å²) in [6, 6.07) is 18.5. The molecule has 0 unspecified atom stereocenters. The van der Waals surface area contributed by atoms with Gasteiger partial charge in [0.15, 0.2) is 11.6 Å². The first-order valence-corrected chi connectivity index (χ1v) is 9.31. The predicted molar refractivity (Wildman–Crippen MR) is 111 cm³/mol. The zero-order chi connectivity index (χ0) is 21.3. The van der Waals surface area contributed by atoms with E-state index in [9.17, 15) is 18.8 Å². The zero-order valence-electron chi connectivity index (χ0n) is 16.0. The van der Waals surface area contributed by atoms with Gasteiger partial charge in [-0.3, -0.25) is 4.79 Å². The van der Waals surface area contributed by atoms with E-state index < -0.39 is 17.1 Å². The molecule has 4 aromatic rings. The Morgan fingerprint density at radius 1 is 1.00 bits per heavy atom. The summed E-state index contributed by atoms with van der Waals surface area (Å²) in [5, 5.41) is 9.44. The molecule has 4 nitrogen and oxygen atoms in total. The fourth-order valence-electron chi connectivity index (χ4n) is 3.41. The van der Waals surface area contributed by atoms with Crippen LogP contribution in [-0.2, 0) is 0 Å². The van der Waals surface area contributed by atoms with Crippen molar-refractivity contribution in [3.8, 4) is 34.2 Å². The molecule has 0 aliphatic carbocycles. The fourth-order valence-corrected chi connectivity index (χ4v) is 3.41. The smallest absolute Gasteiger partial charge is 0.207 e. The Morgan fingerprint density at radius 2 is 1.67 bits per heavy atom. The molecular weight excluding hydrogens is 386 g/mol. The normalized spacial score (nSPS) is 10.7. The Hall–Kier alpha value is -3.98. The van der Waals surface area contributed by atoms with E-state index in [-0.39, 0.29) is 22.2 Å². The van der Waals surface area contributed by atoms with Crippen molar-refractivity contribution >= 4 is 10.9 Å². The van der Waals surface area contributed by atoms with E-state index in [4.69, 9.17) is 4.74 Å². The lowest BCUT2D eigenvalue weighted by molar-refractivity contribution is 0.341. The highest BCUT2D eigenvalue weighted by molar-refractivity contribution is 5.85. The number of hydrogen-bond acceptors (Lipinski definition) is 3. The van der Waals surface area contributed by atoms with Crippen molar-refractivity contribution < 1.29 is 13.5 Å². The Labute approximate surface area is 171 Å². The van der Waals surface area contributed by atoms with Gasteiger partial charge in [0, 0.05) is 17.0 Å². The Morgan fingerprint density at radius 3 is 2.37 bits per heavy atom. The van der Waals surface area contributed by atoms with Crippen molar-refractivity contribution in [2.45, 2.75) is 6.92 Å². The molecule has 3 aromatic carbocycles. The van der Waals surface area contributed by atoms with Crippen LogP contribution in [0.4, 0.5) is 8.78 Å². The first kappa shape index (κ1) is 19.3. The fraction of sp³-hybridized carbons (Fsp3) is 0.0833. The summed E-state index contributed by atoms with van der Waals surface area (Å²) in [5.41, 5.74) is 1.97. The lowest BCUT2D eigenvalue weighted by Crippen LogP contribution is -2.11. The summed E-state index contributed by atoms with van der Waals surface area (Å²) < 4.78 is 32.9. The number of fused-ring (bicyclic) bond motifs is 1. The van der Waals surface area contributed by atoms with Crippen LogP contribution in [0.3, 0.4) is 0 Å². The summed E-state index contributed by atoms with van der Waals surface area (Å²) in [7, 11) is 0. The summed E-state index contributed by atoms with van der Waals surface area (Å²) >= 11 is 0. The number of nitriles is 1. The van der Waals surface area contributed by atoms with Crippen LogP contribution in [0.15, 0.2) is 65.5 Å². The number of halogens is 2. The SMILES string of the molecule is CCOc1ccccc1-c1ccc(-c2[nH]c3cc(F)c(F)cc3c(=O)c2C#N)cc1. The topological polar surface area (TPSA) is 65.9 Å². The van der Waals surface area contributed by atoms with Crippen molar-refractivity contribution in [1.29, 1.82) is 5.26 Å². The molecule has 0 fully saturated rings. The van der Waals surface area contributed by atoms with Gasteiger partial charge in [0.1, 0.15) is 17.4 Å². The molecule has 0 saturated heterocycles. The highest BCUT2D eigenvalue weighted by Crippen LogP contribution is 2.32. The highest BCUT2D eigenvalue weighted by atomic mass is 19.2. The minimum atomic E-state index is -1.14. The number of aromatic amines is 1. The van der Waals surface area contributed by atoms with Gasteiger partial charge in [-0.1, -0.05) is 42.5 Å². The molecule has 0 atom stereocenters. The molecule has 0 bridgehead atoms. The number of rotatable bonds is 4. The maximum Gasteiger partial charge on any atom is 0.207 e. The molecule has 148 valence electrons. The van der Waals surface area contributed by atoms with Gasteiger partial charge in [-0.05, 0) is 30.2 Å². The maximum absolute atomic E-state index is 13.7. The third-order valence-electron chi connectivity index (χ3n) is 4.83. The van der Waals surface area contributed by atoms with Crippen LogP contribution >= 0.6 is 0 Å². The average Bonchev–Trinajstić information content (AvgIpc) is 2.76. The molecule has 0 spiro atoms. The number of para-hydroxylation sites is 1. The Balaban J connectivity index is 1.85. The quantitative estimate of drug-likeness (QED) is 0.496. The Kier molecular flexibility index (Phi) is 5.03. The maximum atomic E-state index is 13.7. The number of nitrogens with zero attached hydrogens (tertiary/aromatic N) is 1. The molecule has 0 radical (unpaired) electrons. The summed E-state index contributed by atoms with van der Waals surface area (Å²) in [5.74, 6) is -1.46. The first-order valence-electron chi connectivity index (χ1n) is 9.31. The standard InChI is InChI=1S/C24H16F2N2O2/c1-2-30-22-6-4-3-5-16(22)14-7-9-15(10-8-14)23-18(13-27)24(29)17-11-19(25)20(26)12-21(17)28-23/h3-12H,2H2,1H3,(H,28,29). The third kappa shape index (κ3) is 3.31. The number of nitrogens with one attached hydrogen (secondary N) is 1. The molecule has 1 heterocycles. The van der Waals surface area contributed by atoms with E-state index in [1.54, 1.807) is 12.1 Å². The van der Waals surface area contributed by atoms with Gasteiger partial charge < -0.3 is 9.72 Å². The molecule has 1 aromatic heterocycles. The third-order valence-corrected chi connectivity index (χ3v) is 4.83. The summed E-state index contributed by atoms with van der Waals surface area (Å²) in [4.78, 5) is 15.6. The molecule has 0 aliphatic rings. The predicted octanol–water partition coefficient (Wildman–Crippen LogP) is 5.41. The van der Waals surface area contributed by atoms with Crippen molar-refractivity contribution in [2.75, 3.05) is 6.61 Å². The lowest BCUT2D eigenvalue weighted by atomic mass is 9.99. The number of aromatic nitrogens is 1. The highest BCUT2D eigenvalue weighted by Gasteiger charge is 2.16. The molecule has 30 heavy (non-hydrogen) atoms.